The van der Waals surface area contributed by atoms with Gasteiger partial charge >= 0.3 is 0 Å². The summed E-state index contributed by atoms with van der Waals surface area (Å²) < 4.78 is 5.97. The smallest absolute Gasteiger partial charge is 0.248 e. The van der Waals surface area contributed by atoms with Gasteiger partial charge in [-0.1, -0.05) is 66.4 Å². The van der Waals surface area contributed by atoms with Crippen molar-refractivity contribution in [3.63, 3.8) is 0 Å². The predicted molar refractivity (Wildman–Crippen MR) is 115 cm³/mol. The zero-order valence-corrected chi connectivity index (χ0v) is 15.5. The Kier molecular flexibility index (Phi) is 4.36. The average molecular weight is 372 g/mol. The van der Waals surface area contributed by atoms with Crippen molar-refractivity contribution in [2.75, 3.05) is 0 Å². The van der Waals surface area contributed by atoms with E-state index in [0.29, 0.717) is 11.8 Å². The van der Waals surface area contributed by atoms with Crippen LogP contribution in [-0.2, 0) is 0 Å². The summed E-state index contributed by atoms with van der Waals surface area (Å²) in [7, 11) is 0. The molecule has 1 aromatic heterocycles. The molecule has 1 heterocycles. The van der Waals surface area contributed by atoms with Gasteiger partial charge in [-0.15, -0.1) is 10.2 Å². The summed E-state index contributed by atoms with van der Waals surface area (Å²) >= 11 is 0. The molecule has 4 aromatic carbocycles. The summed E-state index contributed by atoms with van der Waals surface area (Å²) in [5.74, 6) is 7.35. The van der Waals surface area contributed by atoms with Gasteiger partial charge in [0, 0.05) is 22.3 Å². The SMILES string of the molecule is C(#Cc1ccc(-c2nnc(-c3cccc4ccccc34)o2)cc1)c1ccccc1. The van der Waals surface area contributed by atoms with Crippen LogP contribution in [0.25, 0.3) is 33.7 Å². The van der Waals surface area contributed by atoms with Gasteiger partial charge in [0.25, 0.3) is 0 Å². The van der Waals surface area contributed by atoms with Crippen LogP contribution in [-0.4, -0.2) is 10.2 Å². The zero-order valence-electron chi connectivity index (χ0n) is 15.5. The maximum atomic E-state index is 5.97. The lowest BCUT2D eigenvalue weighted by molar-refractivity contribution is 0.585. The van der Waals surface area contributed by atoms with Gasteiger partial charge in [-0.2, -0.15) is 0 Å². The van der Waals surface area contributed by atoms with E-state index in [2.05, 4.69) is 40.2 Å². The molecule has 0 amide bonds. The summed E-state index contributed by atoms with van der Waals surface area (Å²) in [6.45, 7) is 0. The quantitative estimate of drug-likeness (QED) is 0.359. The van der Waals surface area contributed by atoms with Crippen LogP contribution in [0, 0.1) is 11.8 Å². The number of benzene rings is 4. The molecule has 0 aliphatic rings. The lowest BCUT2D eigenvalue weighted by atomic mass is 10.0. The molecule has 3 heteroatoms. The summed E-state index contributed by atoms with van der Waals surface area (Å²) in [5, 5.41) is 10.7. The molecule has 0 bridgehead atoms. The summed E-state index contributed by atoms with van der Waals surface area (Å²) in [6.07, 6.45) is 0. The van der Waals surface area contributed by atoms with Crippen LogP contribution in [0.2, 0.25) is 0 Å². The predicted octanol–water partition coefficient (Wildman–Crippen LogP) is 5.96. The molecule has 0 radical (unpaired) electrons. The highest BCUT2D eigenvalue weighted by atomic mass is 16.4. The number of fused-ring (bicyclic) bond motifs is 1. The van der Waals surface area contributed by atoms with Crippen LogP contribution in [0.1, 0.15) is 11.1 Å². The number of hydrogen-bond acceptors (Lipinski definition) is 3. The first-order valence-corrected chi connectivity index (χ1v) is 9.36. The molecular formula is C26H16N2O. The summed E-state index contributed by atoms with van der Waals surface area (Å²) in [6, 6.07) is 32.0. The normalized spacial score (nSPS) is 10.5. The zero-order chi connectivity index (χ0) is 19.5. The van der Waals surface area contributed by atoms with Crippen molar-refractivity contribution in [2.24, 2.45) is 0 Å². The summed E-state index contributed by atoms with van der Waals surface area (Å²) in [5.41, 5.74) is 3.74. The molecule has 5 rings (SSSR count). The largest absolute Gasteiger partial charge is 0.416 e. The maximum absolute atomic E-state index is 5.97. The third-order valence-corrected chi connectivity index (χ3v) is 4.70. The van der Waals surface area contributed by atoms with Crippen molar-refractivity contribution < 1.29 is 4.42 Å². The molecule has 0 unspecified atom stereocenters. The molecule has 136 valence electrons. The highest BCUT2D eigenvalue weighted by Gasteiger charge is 2.12. The summed E-state index contributed by atoms with van der Waals surface area (Å²) in [4.78, 5) is 0. The second kappa shape index (κ2) is 7.46. The van der Waals surface area contributed by atoms with Crippen molar-refractivity contribution in [2.45, 2.75) is 0 Å². The van der Waals surface area contributed by atoms with Crippen molar-refractivity contribution in [3.05, 3.63) is 108 Å². The Labute approximate surface area is 168 Å². The molecular weight excluding hydrogens is 356 g/mol. The van der Waals surface area contributed by atoms with E-state index in [1.807, 2.05) is 78.9 Å². The van der Waals surface area contributed by atoms with Crippen LogP contribution < -0.4 is 0 Å². The molecule has 3 nitrogen and oxygen atoms in total. The molecule has 0 spiro atoms. The maximum Gasteiger partial charge on any atom is 0.248 e. The minimum Gasteiger partial charge on any atom is -0.416 e. The molecule has 5 aromatic rings. The van der Waals surface area contributed by atoms with Crippen LogP contribution in [0.3, 0.4) is 0 Å². The van der Waals surface area contributed by atoms with E-state index in [4.69, 9.17) is 4.42 Å². The Morgan fingerprint density at radius 3 is 2.03 bits per heavy atom. The van der Waals surface area contributed by atoms with Gasteiger partial charge in [-0.05, 0) is 53.2 Å². The Morgan fingerprint density at radius 2 is 1.21 bits per heavy atom. The van der Waals surface area contributed by atoms with Gasteiger partial charge in [0.2, 0.25) is 11.8 Å². The lowest BCUT2D eigenvalue weighted by Gasteiger charge is -2.01. The first-order chi connectivity index (χ1) is 14.4. The fourth-order valence-corrected chi connectivity index (χ4v) is 3.22. The van der Waals surface area contributed by atoms with E-state index in [0.717, 1.165) is 33.0 Å². The van der Waals surface area contributed by atoms with Crippen molar-refractivity contribution >= 4 is 10.8 Å². The van der Waals surface area contributed by atoms with Gasteiger partial charge in [0.15, 0.2) is 0 Å². The fourth-order valence-electron chi connectivity index (χ4n) is 3.22. The Hall–Kier alpha value is -4.16. The molecule has 29 heavy (non-hydrogen) atoms. The second-order valence-electron chi connectivity index (χ2n) is 6.63. The first kappa shape index (κ1) is 17.0. The minimum absolute atomic E-state index is 0.496. The van der Waals surface area contributed by atoms with Gasteiger partial charge in [-0.3, -0.25) is 0 Å². The van der Waals surface area contributed by atoms with Crippen LogP contribution in [0.5, 0.6) is 0 Å². The van der Waals surface area contributed by atoms with Gasteiger partial charge in [0.1, 0.15) is 0 Å². The minimum atomic E-state index is 0.496. The lowest BCUT2D eigenvalue weighted by Crippen LogP contribution is -1.81. The van der Waals surface area contributed by atoms with Crippen LogP contribution >= 0.6 is 0 Å². The second-order valence-corrected chi connectivity index (χ2v) is 6.63. The van der Waals surface area contributed by atoms with Crippen LogP contribution in [0.4, 0.5) is 0 Å². The van der Waals surface area contributed by atoms with E-state index in [1.165, 1.54) is 0 Å². The molecule has 0 aliphatic heterocycles. The molecule has 0 fully saturated rings. The van der Waals surface area contributed by atoms with E-state index in [9.17, 15) is 0 Å². The molecule has 0 N–H and O–H groups in total. The van der Waals surface area contributed by atoms with Gasteiger partial charge in [0.05, 0.1) is 0 Å². The van der Waals surface area contributed by atoms with E-state index in [1.54, 1.807) is 0 Å². The van der Waals surface area contributed by atoms with Gasteiger partial charge in [-0.25, -0.2) is 0 Å². The van der Waals surface area contributed by atoms with Crippen molar-refractivity contribution in [1.29, 1.82) is 0 Å². The highest BCUT2D eigenvalue weighted by Crippen LogP contribution is 2.29. The standard InChI is InChI=1S/C26H16N2O/c1-2-7-19(8-3-1)13-14-20-15-17-22(18-16-20)25-27-28-26(29-25)24-12-6-10-21-9-4-5-11-23(21)24/h1-12,15-18H. The Morgan fingerprint density at radius 1 is 0.552 bits per heavy atom. The number of aromatic nitrogens is 2. The van der Waals surface area contributed by atoms with E-state index >= 15 is 0 Å². The Balaban J connectivity index is 1.43. The third-order valence-electron chi connectivity index (χ3n) is 4.70. The fraction of sp³-hybridized carbons (Fsp3) is 0. The van der Waals surface area contributed by atoms with Crippen molar-refractivity contribution in [1.82, 2.24) is 10.2 Å². The highest BCUT2D eigenvalue weighted by molar-refractivity contribution is 5.94. The van der Waals surface area contributed by atoms with E-state index < -0.39 is 0 Å². The van der Waals surface area contributed by atoms with Crippen molar-refractivity contribution in [3.8, 4) is 34.7 Å². The Bertz CT molecular complexity index is 1340. The molecule has 0 saturated heterocycles. The van der Waals surface area contributed by atoms with Crippen LogP contribution in [0.15, 0.2) is 101 Å². The number of nitrogens with zero attached hydrogens (tertiary/aromatic N) is 2. The monoisotopic (exact) mass is 372 g/mol. The molecule has 0 aliphatic carbocycles. The third kappa shape index (κ3) is 3.52. The van der Waals surface area contributed by atoms with E-state index in [-0.39, 0.29) is 0 Å². The average Bonchev–Trinajstić information content (AvgIpc) is 3.28. The molecule has 0 atom stereocenters. The van der Waals surface area contributed by atoms with Gasteiger partial charge < -0.3 is 4.42 Å². The molecule has 0 saturated carbocycles. The topological polar surface area (TPSA) is 38.9 Å². The number of rotatable bonds is 2. The number of hydrogen-bond donors (Lipinski definition) is 0. The first-order valence-electron chi connectivity index (χ1n) is 9.36.